The number of hydrogen-bond donors (Lipinski definition) is 2. The van der Waals surface area contributed by atoms with E-state index in [1.165, 1.54) is 0 Å². The number of benzene rings is 2. The first-order valence-corrected chi connectivity index (χ1v) is 7.28. The molecular formula is C18H17N3O2. The Bertz CT molecular complexity index is 822. The summed E-state index contributed by atoms with van der Waals surface area (Å²) < 4.78 is 1.67. The lowest BCUT2D eigenvalue weighted by atomic mass is 10.1. The second-order valence-electron chi connectivity index (χ2n) is 5.33. The molecular weight excluding hydrogens is 290 g/mol. The van der Waals surface area contributed by atoms with Crippen molar-refractivity contribution < 1.29 is 9.90 Å². The number of carbonyl (C=O) groups excluding carboxylic acids is 1. The van der Waals surface area contributed by atoms with Crippen molar-refractivity contribution >= 4 is 11.6 Å². The Morgan fingerprint density at radius 1 is 1.13 bits per heavy atom. The van der Waals surface area contributed by atoms with E-state index in [1.807, 2.05) is 49.6 Å². The lowest BCUT2D eigenvalue weighted by Gasteiger charge is -2.06. The molecule has 5 nitrogen and oxygen atoms in total. The number of hydrogen-bond acceptors (Lipinski definition) is 3. The van der Waals surface area contributed by atoms with Gasteiger partial charge in [-0.15, -0.1) is 0 Å². The van der Waals surface area contributed by atoms with Gasteiger partial charge in [0.25, 0.3) is 0 Å². The van der Waals surface area contributed by atoms with Gasteiger partial charge < -0.3 is 10.4 Å². The third-order valence-corrected chi connectivity index (χ3v) is 3.46. The van der Waals surface area contributed by atoms with E-state index < -0.39 is 0 Å². The summed E-state index contributed by atoms with van der Waals surface area (Å²) in [6.45, 7) is 0. The van der Waals surface area contributed by atoms with Crippen molar-refractivity contribution in [1.29, 1.82) is 0 Å². The minimum Gasteiger partial charge on any atom is -0.508 e. The van der Waals surface area contributed by atoms with Crippen LogP contribution < -0.4 is 5.32 Å². The first-order chi connectivity index (χ1) is 11.1. The molecule has 116 valence electrons. The van der Waals surface area contributed by atoms with Crippen LogP contribution in [-0.4, -0.2) is 20.8 Å². The largest absolute Gasteiger partial charge is 0.508 e. The van der Waals surface area contributed by atoms with Crippen LogP contribution in [0.4, 0.5) is 5.69 Å². The van der Waals surface area contributed by atoms with Gasteiger partial charge in [0.1, 0.15) is 5.75 Å². The quantitative estimate of drug-likeness (QED) is 0.778. The summed E-state index contributed by atoms with van der Waals surface area (Å²) in [4.78, 5) is 12.0. The maximum atomic E-state index is 12.0. The molecule has 0 saturated carbocycles. The molecule has 0 saturated heterocycles. The van der Waals surface area contributed by atoms with Gasteiger partial charge in [0.15, 0.2) is 0 Å². The summed E-state index contributed by atoms with van der Waals surface area (Å²) in [5, 5.41) is 16.6. The number of nitrogens with zero attached hydrogens (tertiary/aromatic N) is 2. The van der Waals surface area contributed by atoms with Crippen LogP contribution in [0.5, 0.6) is 5.75 Å². The Hall–Kier alpha value is -3.08. The molecule has 0 spiro atoms. The molecule has 0 bridgehead atoms. The highest BCUT2D eigenvalue weighted by Crippen LogP contribution is 2.24. The average Bonchev–Trinajstić information content (AvgIpc) is 2.93. The molecule has 3 rings (SSSR count). The molecule has 0 radical (unpaired) electrons. The fourth-order valence-corrected chi connectivity index (χ4v) is 2.36. The summed E-state index contributed by atoms with van der Waals surface area (Å²) in [5.41, 5.74) is 3.37. The fraction of sp³-hybridized carbons (Fsp3) is 0.111. The monoisotopic (exact) mass is 307 g/mol. The van der Waals surface area contributed by atoms with Crippen molar-refractivity contribution in [1.82, 2.24) is 9.78 Å². The minimum absolute atomic E-state index is 0.103. The van der Waals surface area contributed by atoms with Crippen molar-refractivity contribution in [2.75, 3.05) is 5.32 Å². The standard InChI is InChI=1S/C18H17N3O2/c1-21-10-9-16(20-21)12-18(23)19-15-7-5-13(6-8-15)14-3-2-4-17(22)11-14/h2-11,22H,12H2,1H3,(H,19,23). The van der Waals surface area contributed by atoms with Crippen LogP contribution in [0.3, 0.4) is 0 Å². The predicted octanol–water partition coefficient (Wildman–Crippen LogP) is 2.97. The maximum absolute atomic E-state index is 12.0. The second-order valence-corrected chi connectivity index (χ2v) is 5.33. The van der Waals surface area contributed by atoms with E-state index in [4.69, 9.17) is 0 Å². The van der Waals surface area contributed by atoms with Gasteiger partial charge in [-0.1, -0.05) is 24.3 Å². The first kappa shape index (κ1) is 14.8. The topological polar surface area (TPSA) is 67.2 Å². The highest BCUT2D eigenvalue weighted by Gasteiger charge is 2.07. The van der Waals surface area contributed by atoms with Gasteiger partial charge in [0, 0.05) is 18.9 Å². The predicted molar refractivity (Wildman–Crippen MR) is 89.1 cm³/mol. The maximum Gasteiger partial charge on any atom is 0.230 e. The summed E-state index contributed by atoms with van der Waals surface area (Å²) in [7, 11) is 1.82. The SMILES string of the molecule is Cn1ccc(CC(=O)Nc2ccc(-c3cccc(O)c3)cc2)n1. The zero-order chi connectivity index (χ0) is 16.2. The van der Waals surface area contributed by atoms with E-state index in [0.717, 1.165) is 22.5 Å². The molecule has 3 aromatic rings. The van der Waals surface area contributed by atoms with Crippen LogP contribution >= 0.6 is 0 Å². The number of aryl methyl sites for hydroxylation is 1. The Labute approximate surface area is 134 Å². The lowest BCUT2D eigenvalue weighted by Crippen LogP contribution is -2.14. The Kier molecular flexibility index (Phi) is 4.10. The molecule has 0 aliphatic heterocycles. The zero-order valence-electron chi connectivity index (χ0n) is 12.7. The Morgan fingerprint density at radius 3 is 2.57 bits per heavy atom. The number of aromatic nitrogens is 2. The number of rotatable bonds is 4. The van der Waals surface area contributed by atoms with E-state index in [0.29, 0.717) is 0 Å². The number of nitrogens with one attached hydrogen (secondary N) is 1. The molecule has 1 heterocycles. The number of amides is 1. The van der Waals surface area contributed by atoms with E-state index in [-0.39, 0.29) is 18.1 Å². The number of phenols is 1. The molecule has 23 heavy (non-hydrogen) atoms. The molecule has 1 amide bonds. The highest BCUT2D eigenvalue weighted by molar-refractivity contribution is 5.92. The molecule has 0 aliphatic rings. The molecule has 0 unspecified atom stereocenters. The summed E-state index contributed by atoms with van der Waals surface area (Å²) in [6.07, 6.45) is 2.06. The lowest BCUT2D eigenvalue weighted by molar-refractivity contribution is -0.115. The van der Waals surface area contributed by atoms with Gasteiger partial charge in [0.2, 0.25) is 5.91 Å². The van der Waals surface area contributed by atoms with Crippen LogP contribution in [0.2, 0.25) is 0 Å². The minimum atomic E-state index is -0.103. The first-order valence-electron chi connectivity index (χ1n) is 7.28. The van der Waals surface area contributed by atoms with Crippen LogP contribution in [0.25, 0.3) is 11.1 Å². The molecule has 2 aromatic carbocycles. The van der Waals surface area contributed by atoms with E-state index >= 15 is 0 Å². The number of carbonyl (C=O) groups is 1. The highest BCUT2D eigenvalue weighted by atomic mass is 16.3. The summed E-state index contributed by atoms with van der Waals surface area (Å²) >= 11 is 0. The third-order valence-electron chi connectivity index (χ3n) is 3.46. The van der Waals surface area contributed by atoms with Crippen molar-refractivity contribution in [2.24, 2.45) is 7.05 Å². The Balaban J connectivity index is 1.66. The van der Waals surface area contributed by atoms with E-state index in [9.17, 15) is 9.90 Å². The van der Waals surface area contributed by atoms with Crippen molar-refractivity contribution in [3.63, 3.8) is 0 Å². The Morgan fingerprint density at radius 2 is 1.91 bits per heavy atom. The summed E-state index contributed by atoms with van der Waals surface area (Å²) in [6, 6.07) is 16.4. The van der Waals surface area contributed by atoms with Crippen LogP contribution in [0.15, 0.2) is 60.8 Å². The zero-order valence-corrected chi connectivity index (χ0v) is 12.7. The average molecular weight is 307 g/mol. The smallest absolute Gasteiger partial charge is 0.230 e. The van der Waals surface area contributed by atoms with Crippen molar-refractivity contribution in [2.45, 2.75) is 6.42 Å². The molecule has 5 heteroatoms. The normalized spacial score (nSPS) is 10.5. The van der Waals surface area contributed by atoms with Gasteiger partial charge in [-0.25, -0.2) is 0 Å². The van der Waals surface area contributed by atoms with E-state index in [1.54, 1.807) is 22.9 Å². The number of anilines is 1. The molecule has 1 aromatic heterocycles. The molecule has 0 atom stereocenters. The van der Waals surface area contributed by atoms with Gasteiger partial charge in [-0.2, -0.15) is 5.10 Å². The van der Waals surface area contributed by atoms with Crippen LogP contribution in [0, 0.1) is 0 Å². The second kappa shape index (κ2) is 6.36. The van der Waals surface area contributed by atoms with Crippen LogP contribution in [0.1, 0.15) is 5.69 Å². The molecule has 2 N–H and O–H groups in total. The third kappa shape index (κ3) is 3.77. The van der Waals surface area contributed by atoms with E-state index in [2.05, 4.69) is 10.4 Å². The molecule has 0 aliphatic carbocycles. The fourth-order valence-electron chi connectivity index (χ4n) is 2.36. The van der Waals surface area contributed by atoms with Crippen molar-refractivity contribution in [3.8, 4) is 16.9 Å². The molecule has 0 fully saturated rings. The van der Waals surface area contributed by atoms with Gasteiger partial charge >= 0.3 is 0 Å². The number of aromatic hydroxyl groups is 1. The van der Waals surface area contributed by atoms with Gasteiger partial charge in [-0.3, -0.25) is 9.48 Å². The number of phenolic OH excluding ortho intramolecular Hbond substituents is 1. The summed E-state index contributed by atoms with van der Waals surface area (Å²) in [5.74, 6) is 0.129. The van der Waals surface area contributed by atoms with Gasteiger partial charge in [-0.05, 0) is 41.5 Å². The van der Waals surface area contributed by atoms with Crippen LogP contribution in [-0.2, 0) is 18.3 Å². The van der Waals surface area contributed by atoms with Gasteiger partial charge in [0.05, 0.1) is 12.1 Å². The van der Waals surface area contributed by atoms with Crippen molar-refractivity contribution in [3.05, 3.63) is 66.5 Å².